The van der Waals surface area contributed by atoms with Crippen molar-refractivity contribution in [1.29, 1.82) is 0 Å². The molecule has 0 aliphatic rings. The third-order valence-electron chi connectivity index (χ3n) is 1.68. The first-order valence-corrected chi connectivity index (χ1v) is 4.13. The Labute approximate surface area is 72.5 Å². The molecular formula is C8H16N2O2. The third-order valence-corrected chi connectivity index (χ3v) is 1.68. The summed E-state index contributed by atoms with van der Waals surface area (Å²) in [5.74, 6) is -0.0615. The summed E-state index contributed by atoms with van der Waals surface area (Å²) in [6, 6.07) is 0. The van der Waals surface area contributed by atoms with Gasteiger partial charge in [-0.1, -0.05) is 6.92 Å². The number of hydrogen-bond acceptors (Lipinski definition) is 3. The van der Waals surface area contributed by atoms with E-state index in [4.69, 9.17) is 5.73 Å². The quantitative estimate of drug-likeness (QED) is 0.327. The molecule has 0 bridgehead atoms. The Bertz CT molecular complexity index is 148. The highest BCUT2D eigenvalue weighted by Crippen LogP contribution is 2.01. The Morgan fingerprint density at radius 1 is 1.67 bits per heavy atom. The molecule has 0 aliphatic heterocycles. The van der Waals surface area contributed by atoms with Crippen LogP contribution in [0.25, 0.3) is 0 Å². The lowest BCUT2D eigenvalue weighted by Gasteiger charge is -2.06. The molecule has 0 heterocycles. The van der Waals surface area contributed by atoms with E-state index in [-0.39, 0.29) is 6.29 Å². The summed E-state index contributed by atoms with van der Waals surface area (Å²) in [4.78, 5) is 20.3. The van der Waals surface area contributed by atoms with Crippen molar-refractivity contribution in [2.45, 2.75) is 19.8 Å². The number of nitrogens with one attached hydrogen (secondary N) is 1. The van der Waals surface area contributed by atoms with E-state index in [2.05, 4.69) is 12.2 Å². The van der Waals surface area contributed by atoms with Crippen LogP contribution in [0.2, 0.25) is 0 Å². The highest BCUT2D eigenvalue weighted by molar-refractivity contribution is 6.23. The number of nitrogens with two attached hydrogens (primary N) is 1. The van der Waals surface area contributed by atoms with Crippen LogP contribution in [0.15, 0.2) is 0 Å². The summed E-state index contributed by atoms with van der Waals surface area (Å²) >= 11 is 0. The number of carbonyl (C=O) groups excluding carboxylic acids is 2. The van der Waals surface area contributed by atoms with Gasteiger partial charge in [-0.05, 0) is 25.3 Å². The zero-order chi connectivity index (χ0) is 9.40. The van der Waals surface area contributed by atoms with Crippen molar-refractivity contribution >= 4 is 12.2 Å². The van der Waals surface area contributed by atoms with Crippen LogP contribution in [-0.2, 0) is 9.59 Å². The molecule has 0 fully saturated rings. The highest BCUT2D eigenvalue weighted by Gasteiger charge is 1.99. The fraction of sp³-hybridized carbons (Fsp3) is 0.750. The van der Waals surface area contributed by atoms with Gasteiger partial charge >= 0.3 is 0 Å². The molecule has 0 aromatic heterocycles. The van der Waals surface area contributed by atoms with Gasteiger partial charge in [0.25, 0.3) is 5.91 Å². The monoisotopic (exact) mass is 172 g/mol. The van der Waals surface area contributed by atoms with Crippen LogP contribution in [0.4, 0.5) is 0 Å². The van der Waals surface area contributed by atoms with Crippen molar-refractivity contribution in [2.24, 2.45) is 11.7 Å². The van der Waals surface area contributed by atoms with E-state index in [1.165, 1.54) is 0 Å². The Kier molecular flexibility index (Phi) is 6.28. The van der Waals surface area contributed by atoms with E-state index in [9.17, 15) is 9.59 Å². The van der Waals surface area contributed by atoms with Crippen molar-refractivity contribution in [3.63, 3.8) is 0 Å². The summed E-state index contributed by atoms with van der Waals surface area (Å²) in [5.41, 5.74) is 5.40. The molecular weight excluding hydrogens is 156 g/mol. The maximum Gasteiger partial charge on any atom is 0.284 e. The Morgan fingerprint density at radius 2 is 2.33 bits per heavy atom. The summed E-state index contributed by atoms with van der Waals surface area (Å²) < 4.78 is 0. The molecule has 0 saturated carbocycles. The van der Waals surface area contributed by atoms with Crippen LogP contribution in [-0.4, -0.2) is 25.3 Å². The minimum atomic E-state index is -0.546. The van der Waals surface area contributed by atoms with Crippen LogP contribution >= 0.6 is 0 Å². The normalized spacial score (nSPS) is 12.2. The summed E-state index contributed by atoms with van der Waals surface area (Å²) in [6.07, 6.45) is 2.14. The van der Waals surface area contributed by atoms with Crippen molar-refractivity contribution < 1.29 is 9.59 Å². The lowest BCUT2D eigenvalue weighted by molar-refractivity contribution is -0.131. The van der Waals surface area contributed by atoms with Gasteiger partial charge in [0, 0.05) is 6.54 Å². The number of rotatable bonds is 6. The molecule has 1 amide bonds. The van der Waals surface area contributed by atoms with Gasteiger partial charge in [0.15, 0.2) is 0 Å². The minimum absolute atomic E-state index is 0.284. The Morgan fingerprint density at radius 3 is 2.83 bits per heavy atom. The number of carbonyl (C=O) groups is 2. The van der Waals surface area contributed by atoms with Gasteiger partial charge in [-0.25, -0.2) is 0 Å². The van der Waals surface area contributed by atoms with Crippen LogP contribution < -0.4 is 11.1 Å². The fourth-order valence-electron chi connectivity index (χ4n) is 0.822. The van der Waals surface area contributed by atoms with E-state index in [1.54, 1.807) is 0 Å². The third kappa shape index (κ3) is 5.85. The second-order valence-corrected chi connectivity index (χ2v) is 2.89. The zero-order valence-corrected chi connectivity index (χ0v) is 7.38. The highest BCUT2D eigenvalue weighted by atomic mass is 16.2. The Hall–Kier alpha value is -0.900. The van der Waals surface area contributed by atoms with Gasteiger partial charge in [-0.2, -0.15) is 0 Å². The van der Waals surface area contributed by atoms with Crippen molar-refractivity contribution in [3.05, 3.63) is 0 Å². The molecule has 0 aromatic rings. The molecule has 0 spiro atoms. The molecule has 4 heteroatoms. The predicted octanol–water partition coefficient (Wildman–Crippen LogP) is -0.323. The number of aldehydes is 1. The van der Waals surface area contributed by atoms with E-state index >= 15 is 0 Å². The van der Waals surface area contributed by atoms with Gasteiger partial charge in [0.2, 0.25) is 6.29 Å². The van der Waals surface area contributed by atoms with Crippen LogP contribution in [0, 0.1) is 5.92 Å². The Balaban J connectivity index is 3.21. The summed E-state index contributed by atoms with van der Waals surface area (Å²) in [5, 5.41) is 2.46. The molecule has 0 rings (SSSR count). The fourth-order valence-corrected chi connectivity index (χ4v) is 0.822. The van der Waals surface area contributed by atoms with E-state index < -0.39 is 5.91 Å². The first kappa shape index (κ1) is 11.1. The van der Waals surface area contributed by atoms with Crippen LogP contribution in [0.5, 0.6) is 0 Å². The summed E-state index contributed by atoms with van der Waals surface area (Å²) in [6.45, 7) is 3.28. The van der Waals surface area contributed by atoms with Gasteiger partial charge in [0.05, 0.1) is 0 Å². The van der Waals surface area contributed by atoms with Crippen molar-refractivity contribution in [3.8, 4) is 0 Å². The van der Waals surface area contributed by atoms with Gasteiger partial charge in [0.1, 0.15) is 0 Å². The number of amides is 1. The topological polar surface area (TPSA) is 72.2 Å². The second kappa shape index (κ2) is 6.79. The molecule has 1 unspecified atom stereocenters. The molecule has 4 nitrogen and oxygen atoms in total. The van der Waals surface area contributed by atoms with Gasteiger partial charge < -0.3 is 11.1 Å². The maximum atomic E-state index is 10.4. The molecule has 0 aromatic carbocycles. The van der Waals surface area contributed by atoms with Crippen LogP contribution in [0.1, 0.15) is 19.8 Å². The SMILES string of the molecule is CC(CN)CCCNC(=O)C=O. The first-order chi connectivity index (χ1) is 5.70. The van der Waals surface area contributed by atoms with Gasteiger partial charge in [-0.3, -0.25) is 9.59 Å². The molecule has 3 N–H and O–H groups in total. The molecule has 1 atom stereocenters. The lowest BCUT2D eigenvalue weighted by atomic mass is 10.1. The smallest absolute Gasteiger partial charge is 0.284 e. The zero-order valence-electron chi connectivity index (χ0n) is 7.38. The van der Waals surface area contributed by atoms with Gasteiger partial charge in [-0.15, -0.1) is 0 Å². The second-order valence-electron chi connectivity index (χ2n) is 2.89. The molecule has 70 valence electrons. The maximum absolute atomic E-state index is 10.4. The molecule has 0 saturated heterocycles. The first-order valence-electron chi connectivity index (χ1n) is 4.13. The molecule has 12 heavy (non-hydrogen) atoms. The average Bonchev–Trinajstić information content (AvgIpc) is 2.11. The van der Waals surface area contributed by atoms with E-state index in [0.29, 0.717) is 19.0 Å². The lowest BCUT2D eigenvalue weighted by Crippen LogP contribution is -2.25. The molecule has 0 aliphatic carbocycles. The minimum Gasteiger partial charge on any atom is -0.350 e. The van der Waals surface area contributed by atoms with Crippen molar-refractivity contribution in [2.75, 3.05) is 13.1 Å². The van der Waals surface area contributed by atoms with Crippen LogP contribution in [0.3, 0.4) is 0 Å². The standard InChI is InChI=1S/C8H16N2O2/c1-7(5-9)3-2-4-10-8(12)6-11/h6-7H,2-5,9H2,1H3,(H,10,12). The van der Waals surface area contributed by atoms with E-state index in [0.717, 1.165) is 12.8 Å². The van der Waals surface area contributed by atoms with Crippen molar-refractivity contribution in [1.82, 2.24) is 5.32 Å². The average molecular weight is 172 g/mol. The summed E-state index contributed by atoms with van der Waals surface area (Å²) in [7, 11) is 0. The number of hydrogen-bond donors (Lipinski definition) is 2. The largest absolute Gasteiger partial charge is 0.350 e. The van der Waals surface area contributed by atoms with E-state index in [1.807, 2.05) is 0 Å². The predicted molar refractivity (Wildman–Crippen MR) is 46.5 cm³/mol. The molecule has 0 radical (unpaired) electrons.